The lowest BCUT2D eigenvalue weighted by atomic mass is 10.1. The number of primary amides is 1. The van der Waals surface area contributed by atoms with E-state index < -0.39 is 17.4 Å². The Balaban J connectivity index is 2.02. The molecule has 0 fully saturated rings. The van der Waals surface area contributed by atoms with Crippen LogP contribution in [-0.4, -0.2) is 21.5 Å². The predicted molar refractivity (Wildman–Crippen MR) is 112 cm³/mol. The summed E-state index contributed by atoms with van der Waals surface area (Å²) < 4.78 is 1.54. The Morgan fingerprint density at radius 2 is 1.76 bits per heavy atom. The lowest BCUT2D eigenvalue weighted by Crippen LogP contribution is -2.30. The highest BCUT2D eigenvalue weighted by Gasteiger charge is 2.22. The van der Waals surface area contributed by atoms with Crippen molar-refractivity contribution in [2.45, 2.75) is 32.7 Å². The van der Waals surface area contributed by atoms with Crippen LogP contribution >= 0.6 is 0 Å². The van der Waals surface area contributed by atoms with Crippen molar-refractivity contribution < 1.29 is 14.7 Å². The Hall–Kier alpha value is -3.61. The molecule has 2 aromatic carbocycles. The van der Waals surface area contributed by atoms with E-state index >= 15 is 0 Å². The number of nitrogens with zero attached hydrogens (tertiary/aromatic N) is 1. The molecule has 0 radical (unpaired) electrons. The summed E-state index contributed by atoms with van der Waals surface area (Å²) in [7, 11) is 0. The molecule has 3 rings (SSSR count). The van der Waals surface area contributed by atoms with Crippen LogP contribution in [0.4, 0.5) is 5.69 Å². The molecular weight excluding hydrogens is 370 g/mol. The number of para-hydroxylation sites is 1. The molecule has 150 valence electrons. The molecule has 2 amide bonds. The molecule has 7 nitrogen and oxygen atoms in total. The zero-order chi connectivity index (χ0) is 21.0. The van der Waals surface area contributed by atoms with Gasteiger partial charge in [0.25, 0.3) is 11.5 Å². The zero-order valence-electron chi connectivity index (χ0n) is 16.1. The van der Waals surface area contributed by atoms with Gasteiger partial charge in [-0.2, -0.15) is 0 Å². The Kier molecular flexibility index (Phi) is 5.97. The lowest BCUT2D eigenvalue weighted by Gasteiger charge is -2.15. The molecule has 0 saturated carbocycles. The number of aryl methyl sites for hydroxylation is 1. The summed E-state index contributed by atoms with van der Waals surface area (Å²) >= 11 is 0. The number of hydrogen-bond acceptors (Lipinski definition) is 4. The van der Waals surface area contributed by atoms with Gasteiger partial charge in [-0.3, -0.25) is 14.4 Å². The van der Waals surface area contributed by atoms with Crippen LogP contribution in [0.25, 0.3) is 10.9 Å². The fraction of sp³-hybridized carbons (Fsp3) is 0.227. The van der Waals surface area contributed by atoms with Gasteiger partial charge in [0.2, 0.25) is 5.91 Å². The number of nitrogens with one attached hydrogen (secondary N) is 1. The van der Waals surface area contributed by atoms with Gasteiger partial charge in [0.1, 0.15) is 11.3 Å². The van der Waals surface area contributed by atoms with Crippen LogP contribution in [0.1, 0.15) is 46.9 Å². The van der Waals surface area contributed by atoms with Crippen molar-refractivity contribution in [3.05, 3.63) is 70.0 Å². The summed E-state index contributed by atoms with van der Waals surface area (Å²) in [5.41, 5.74) is 5.64. The Morgan fingerprint density at radius 3 is 2.41 bits per heavy atom. The van der Waals surface area contributed by atoms with Crippen LogP contribution in [-0.2, 0) is 6.54 Å². The fourth-order valence-corrected chi connectivity index (χ4v) is 3.25. The molecule has 0 aliphatic rings. The van der Waals surface area contributed by atoms with Crippen molar-refractivity contribution in [1.29, 1.82) is 0 Å². The van der Waals surface area contributed by atoms with E-state index in [1.807, 2.05) is 0 Å². The number of pyridine rings is 1. The Labute approximate surface area is 167 Å². The molecule has 0 spiro atoms. The summed E-state index contributed by atoms with van der Waals surface area (Å²) in [5.74, 6) is -1.64. The van der Waals surface area contributed by atoms with Gasteiger partial charge in [-0.25, -0.2) is 0 Å². The monoisotopic (exact) mass is 393 g/mol. The third-order valence-corrected chi connectivity index (χ3v) is 4.79. The maximum Gasteiger partial charge on any atom is 0.267 e. The van der Waals surface area contributed by atoms with Crippen LogP contribution < -0.4 is 16.6 Å². The number of aromatic nitrogens is 1. The molecular formula is C22H23N3O4. The minimum atomic E-state index is -0.714. The SMILES string of the molecule is CCCCCn1c(=O)c(C(=O)Nc2ccc(C(N)=O)cc2)c(O)c2ccccc21. The summed E-state index contributed by atoms with van der Waals surface area (Å²) in [6, 6.07) is 12.9. The standard InChI is InChI=1S/C22H23N3O4/c1-2-3-6-13-25-17-8-5-4-7-16(17)19(26)18(22(25)29)21(28)24-15-11-9-14(10-12-15)20(23)27/h4-5,7-12,26H,2-3,6,13H2,1H3,(H2,23,27)(H,24,28). The Bertz CT molecular complexity index is 1120. The maximum absolute atomic E-state index is 13.1. The van der Waals surface area contributed by atoms with Gasteiger partial charge in [-0.1, -0.05) is 31.9 Å². The van der Waals surface area contributed by atoms with Crippen molar-refractivity contribution in [2.75, 3.05) is 5.32 Å². The molecule has 0 aliphatic carbocycles. The number of amides is 2. The van der Waals surface area contributed by atoms with Crippen molar-refractivity contribution in [1.82, 2.24) is 4.57 Å². The van der Waals surface area contributed by atoms with Crippen LogP contribution in [0.3, 0.4) is 0 Å². The minimum absolute atomic E-state index is 0.301. The second kappa shape index (κ2) is 8.60. The number of nitrogens with two attached hydrogens (primary N) is 1. The highest BCUT2D eigenvalue weighted by molar-refractivity contribution is 6.09. The second-order valence-electron chi connectivity index (χ2n) is 6.80. The van der Waals surface area contributed by atoms with Gasteiger partial charge in [0.15, 0.2) is 0 Å². The first kappa shape index (κ1) is 20.1. The van der Waals surface area contributed by atoms with E-state index in [4.69, 9.17) is 5.73 Å². The maximum atomic E-state index is 13.1. The van der Waals surface area contributed by atoms with E-state index in [0.29, 0.717) is 28.7 Å². The molecule has 0 saturated heterocycles. The number of hydrogen-bond donors (Lipinski definition) is 3. The highest BCUT2D eigenvalue weighted by Crippen LogP contribution is 2.27. The molecule has 3 aromatic rings. The van der Waals surface area contributed by atoms with E-state index in [1.165, 1.54) is 28.8 Å². The molecule has 7 heteroatoms. The van der Waals surface area contributed by atoms with Gasteiger partial charge in [-0.15, -0.1) is 0 Å². The normalized spacial score (nSPS) is 10.8. The summed E-state index contributed by atoms with van der Waals surface area (Å²) in [5, 5.41) is 13.7. The molecule has 0 bridgehead atoms. The van der Waals surface area contributed by atoms with Gasteiger partial charge in [-0.05, 0) is 42.8 Å². The van der Waals surface area contributed by atoms with Gasteiger partial charge in [0.05, 0.1) is 5.52 Å². The number of aromatic hydroxyl groups is 1. The highest BCUT2D eigenvalue weighted by atomic mass is 16.3. The average molecular weight is 393 g/mol. The molecule has 1 aromatic heterocycles. The smallest absolute Gasteiger partial charge is 0.267 e. The molecule has 0 atom stereocenters. The van der Waals surface area contributed by atoms with Crippen molar-refractivity contribution in [3.8, 4) is 5.75 Å². The number of anilines is 1. The quantitative estimate of drug-likeness (QED) is 0.535. The number of carbonyl (C=O) groups excluding carboxylic acids is 2. The Morgan fingerprint density at radius 1 is 1.07 bits per heavy atom. The largest absolute Gasteiger partial charge is 0.506 e. The molecule has 0 aliphatic heterocycles. The molecule has 4 N–H and O–H groups in total. The topological polar surface area (TPSA) is 114 Å². The van der Waals surface area contributed by atoms with E-state index in [0.717, 1.165) is 19.3 Å². The second-order valence-corrected chi connectivity index (χ2v) is 6.80. The fourth-order valence-electron chi connectivity index (χ4n) is 3.25. The van der Waals surface area contributed by atoms with Gasteiger partial charge in [0, 0.05) is 23.2 Å². The predicted octanol–water partition coefficient (Wildman–Crippen LogP) is 3.25. The summed E-state index contributed by atoms with van der Waals surface area (Å²) in [6.45, 7) is 2.53. The molecule has 0 unspecified atom stereocenters. The van der Waals surface area contributed by atoms with Crippen molar-refractivity contribution >= 4 is 28.4 Å². The number of unbranched alkanes of at least 4 members (excludes halogenated alkanes) is 2. The van der Waals surface area contributed by atoms with E-state index in [1.54, 1.807) is 24.3 Å². The third kappa shape index (κ3) is 4.13. The molecule has 29 heavy (non-hydrogen) atoms. The van der Waals surface area contributed by atoms with Crippen LogP contribution in [0.5, 0.6) is 5.75 Å². The van der Waals surface area contributed by atoms with Crippen LogP contribution in [0.15, 0.2) is 53.3 Å². The number of benzene rings is 2. The van der Waals surface area contributed by atoms with E-state index in [-0.39, 0.29) is 11.3 Å². The number of rotatable bonds is 7. The minimum Gasteiger partial charge on any atom is -0.506 e. The van der Waals surface area contributed by atoms with Crippen molar-refractivity contribution in [3.63, 3.8) is 0 Å². The molecule has 1 heterocycles. The zero-order valence-corrected chi connectivity index (χ0v) is 16.1. The van der Waals surface area contributed by atoms with Crippen LogP contribution in [0.2, 0.25) is 0 Å². The number of fused-ring (bicyclic) bond motifs is 1. The first-order valence-electron chi connectivity index (χ1n) is 9.49. The number of carbonyl (C=O) groups is 2. The first-order chi connectivity index (χ1) is 13.9. The van der Waals surface area contributed by atoms with E-state index in [2.05, 4.69) is 12.2 Å². The van der Waals surface area contributed by atoms with Gasteiger partial charge >= 0.3 is 0 Å². The van der Waals surface area contributed by atoms with Crippen LogP contribution in [0, 0.1) is 0 Å². The first-order valence-corrected chi connectivity index (χ1v) is 9.49. The lowest BCUT2D eigenvalue weighted by molar-refractivity contribution is 0.0997. The average Bonchev–Trinajstić information content (AvgIpc) is 2.71. The third-order valence-electron chi connectivity index (χ3n) is 4.79. The van der Waals surface area contributed by atoms with Gasteiger partial charge < -0.3 is 20.7 Å². The summed E-state index contributed by atoms with van der Waals surface area (Å²) in [4.78, 5) is 37.1. The summed E-state index contributed by atoms with van der Waals surface area (Å²) in [6.07, 6.45) is 2.75. The van der Waals surface area contributed by atoms with E-state index in [9.17, 15) is 19.5 Å². The van der Waals surface area contributed by atoms with Crippen molar-refractivity contribution in [2.24, 2.45) is 5.73 Å².